The summed E-state index contributed by atoms with van der Waals surface area (Å²) >= 11 is 0. The number of nitrogens with two attached hydrogens (primary N) is 1. The first-order valence-electron chi connectivity index (χ1n) is 5.58. The lowest BCUT2D eigenvalue weighted by molar-refractivity contribution is -0.142. The van der Waals surface area contributed by atoms with Crippen molar-refractivity contribution < 1.29 is 14.7 Å². The van der Waals surface area contributed by atoms with Crippen LogP contribution < -0.4 is 5.73 Å². The van der Waals surface area contributed by atoms with E-state index in [0.717, 1.165) is 12.8 Å². The van der Waals surface area contributed by atoms with Crippen LogP contribution in [0.5, 0.6) is 0 Å². The van der Waals surface area contributed by atoms with Crippen LogP contribution in [0.4, 0.5) is 0 Å². The summed E-state index contributed by atoms with van der Waals surface area (Å²) in [6.45, 7) is 5.70. The number of amides is 1. The molecule has 0 aromatic carbocycles. The highest BCUT2D eigenvalue weighted by atomic mass is 16.4. The number of piperidine rings is 1. The van der Waals surface area contributed by atoms with E-state index in [-0.39, 0.29) is 17.7 Å². The van der Waals surface area contributed by atoms with Crippen LogP contribution in [0.15, 0.2) is 0 Å². The molecule has 1 aliphatic rings. The molecule has 1 aliphatic heterocycles. The van der Waals surface area contributed by atoms with Crippen LogP contribution in [0, 0.1) is 5.41 Å². The predicted molar refractivity (Wildman–Crippen MR) is 59.8 cm³/mol. The fraction of sp³-hybridized carbons (Fsp3) is 0.818. The molecule has 0 aromatic rings. The maximum Gasteiger partial charge on any atom is 0.305 e. The molecular weight excluding hydrogens is 208 g/mol. The predicted octanol–water partition coefficient (Wildman–Crippen LogP) is 0.437. The van der Waals surface area contributed by atoms with Crippen LogP contribution in [0.1, 0.15) is 33.1 Å². The summed E-state index contributed by atoms with van der Waals surface area (Å²) in [5.41, 5.74) is 5.82. The Hall–Kier alpha value is -1.10. The van der Waals surface area contributed by atoms with Crippen molar-refractivity contribution in [3.8, 4) is 0 Å². The van der Waals surface area contributed by atoms with Crippen molar-refractivity contribution >= 4 is 11.9 Å². The minimum Gasteiger partial charge on any atom is -0.481 e. The van der Waals surface area contributed by atoms with E-state index in [1.54, 1.807) is 4.90 Å². The van der Waals surface area contributed by atoms with Crippen molar-refractivity contribution in [3.05, 3.63) is 0 Å². The van der Waals surface area contributed by atoms with Crippen molar-refractivity contribution in [1.82, 2.24) is 4.90 Å². The van der Waals surface area contributed by atoms with Gasteiger partial charge in [-0.25, -0.2) is 0 Å². The van der Waals surface area contributed by atoms with Crippen LogP contribution in [0.2, 0.25) is 0 Å². The van der Waals surface area contributed by atoms with Gasteiger partial charge in [-0.2, -0.15) is 0 Å². The van der Waals surface area contributed by atoms with Gasteiger partial charge < -0.3 is 15.7 Å². The molecule has 1 rings (SSSR count). The molecule has 0 radical (unpaired) electrons. The summed E-state index contributed by atoms with van der Waals surface area (Å²) in [6.07, 6.45) is 1.59. The Morgan fingerprint density at radius 3 is 2.31 bits per heavy atom. The number of likely N-dealkylation sites (tertiary alicyclic amines) is 1. The van der Waals surface area contributed by atoms with Crippen molar-refractivity contribution in [2.75, 3.05) is 13.1 Å². The lowest BCUT2D eigenvalue weighted by Gasteiger charge is -2.37. The highest BCUT2D eigenvalue weighted by molar-refractivity contribution is 5.86. The molecule has 1 fully saturated rings. The molecule has 1 atom stereocenters. The van der Waals surface area contributed by atoms with E-state index in [4.69, 9.17) is 10.8 Å². The molecule has 1 saturated heterocycles. The Balaban J connectivity index is 2.47. The lowest BCUT2D eigenvalue weighted by Crippen LogP contribution is -2.49. The van der Waals surface area contributed by atoms with E-state index in [1.165, 1.54) is 0 Å². The van der Waals surface area contributed by atoms with Gasteiger partial charge in [0.25, 0.3) is 0 Å². The van der Waals surface area contributed by atoms with Gasteiger partial charge in [-0.1, -0.05) is 13.8 Å². The number of nitrogens with zero attached hydrogens (tertiary/aromatic N) is 1. The Labute approximate surface area is 95.6 Å². The number of carboxylic acids is 1. The zero-order chi connectivity index (χ0) is 12.3. The molecule has 1 amide bonds. The van der Waals surface area contributed by atoms with E-state index < -0.39 is 12.0 Å². The normalized spacial score (nSPS) is 21.6. The lowest BCUT2D eigenvalue weighted by atomic mass is 9.82. The number of hydrogen-bond acceptors (Lipinski definition) is 3. The standard InChI is InChI=1S/C11H20N2O3/c1-11(2)3-5-13(6-4-11)10(16)8(12)7-9(14)15/h8H,3-7,12H2,1-2H3,(H,14,15). The van der Waals surface area contributed by atoms with Gasteiger partial charge in [0.15, 0.2) is 0 Å². The summed E-state index contributed by atoms with van der Waals surface area (Å²) in [7, 11) is 0. The van der Waals surface area contributed by atoms with E-state index in [0.29, 0.717) is 13.1 Å². The van der Waals surface area contributed by atoms with Crippen LogP contribution in [0.25, 0.3) is 0 Å². The summed E-state index contributed by atoms with van der Waals surface area (Å²) < 4.78 is 0. The molecule has 0 bridgehead atoms. The van der Waals surface area contributed by atoms with Crippen molar-refractivity contribution in [3.63, 3.8) is 0 Å². The topological polar surface area (TPSA) is 83.6 Å². The first-order chi connectivity index (χ1) is 7.32. The highest BCUT2D eigenvalue weighted by Crippen LogP contribution is 2.29. The van der Waals surface area contributed by atoms with E-state index in [2.05, 4.69) is 13.8 Å². The molecule has 1 unspecified atom stereocenters. The molecule has 5 nitrogen and oxygen atoms in total. The van der Waals surface area contributed by atoms with Gasteiger partial charge >= 0.3 is 5.97 Å². The van der Waals surface area contributed by atoms with Crippen LogP contribution in [-0.2, 0) is 9.59 Å². The molecule has 0 aliphatic carbocycles. The van der Waals surface area contributed by atoms with Gasteiger partial charge in [0.05, 0.1) is 12.5 Å². The summed E-state index contributed by atoms with van der Waals surface area (Å²) in [5.74, 6) is -1.27. The molecule has 92 valence electrons. The second-order valence-corrected chi connectivity index (χ2v) is 5.19. The smallest absolute Gasteiger partial charge is 0.305 e. The molecule has 0 spiro atoms. The number of carbonyl (C=O) groups excluding carboxylic acids is 1. The molecule has 1 heterocycles. The molecule has 3 N–H and O–H groups in total. The number of rotatable bonds is 3. The largest absolute Gasteiger partial charge is 0.481 e. The molecule has 16 heavy (non-hydrogen) atoms. The molecule has 5 heteroatoms. The first-order valence-corrected chi connectivity index (χ1v) is 5.58. The second kappa shape index (κ2) is 4.82. The summed E-state index contributed by atoms with van der Waals surface area (Å²) in [5, 5.41) is 8.56. The Kier molecular flexibility index (Phi) is 3.91. The second-order valence-electron chi connectivity index (χ2n) is 5.19. The molecule has 0 saturated carbocycles. The van der Waals surface area contributed by atoms with Gasteiger partial charge in [-0.15, -0.1) is 0 Å². The Morgan fingerprint density at radius 1 is 1.38 bits per heavy atom. The van der Waals surface area contributed by atoms with Gasteiger partial charge in [0, 0.05) is 13.1 Å². The highest BCUT2D eigenvalue weighted by Gasteiger charge is 2.30. The number of hydrogen-bond donors (Lipinski definition) is 2. The van der Waals surface area contributed by atoms with Gasteiger partial charge in [0.2, 0.25) is 5.91 Å². The van der Waals surface area contributed by atoms with Crippen LogP contribution in [0.3, 0.4) is 0 Å². The third kappa shape index (κ3) is 3.48. The fourth-order valence-corrected chi connectivity index (χ4v) is 1.84. The maximum atomic E-state index is 11.8. The zero-order valence-corrected chi connectivity index (χ0v) is 9.90. The third-order valence-corrected chi connectivity index (χ3v) is 3.14. The summed E-state index contributed by atoms with van der Waals surface area (Å²) in [6, 6.07) is -0.904. The fourth-order valence-electron chi connectivity index (χ4n) is 1.84. The Morgan fingerprint density at radius 2 is 1.88 bits per heavy atom. The average molecular weight is 228 g/mol. The quantitative estimate of drug-likeness (QED) is 0.734. The monoisotopic (exact) mass is 228 g/mol. The summed E-state index contributed by atoms with van der Waals surface area (Å²) in [4.78, 5) is 23.9. The number of aliphatic carboxylic acids is 1. The van der Waals surface area contributed by atoms with Crippen molar-refractivity contribution in [2.45, 2.75) is 39.2 Å². The van der Waals surface area contributed by atoms with Crippen molar-refractivity contribution in [2.24, 2.45) is 11.1 Å². The Bertz CT molecular complexity index is 279. The maximum absolute atomic E-state index is 11.8. The van der Waals surface area contributed by atoms with E-state index in [9.17, 15) is 9.59 Å². The third-order valence-electron chi connectivity index (χ3n) is 3.14. The number of carbonyl (C=O) groups is 2. The average Bonchev–Trinajstić information content (AvgIpc) is 2.15. The first kappa shape index (κ1) is 13.0. The van der Waals surface area contributed by atoms with Gasteiger partial charge in [0.1, 0.15) is 0 Å². The van der Waals surface area contributed by atoms with Gasteiger partial charge in [-0.05, 0) is 18.3 Å². The minimum absolute atomic E-state index is 0.238. The van der Waals surface area contributed by atoms with Crippen molar-refractivity contribution in [1.29, 1.82) is 0 Å². The minimum atomic E-state index is -1.03. The van der Waals surface area contributed by atoms with Gasteiger partial charge in [-0.3, -0.25) is 9.59 Å². The molecule has 0 aromatic heterocycles. The van der Waals surface area contributed by atoms with Crippen LogP contribution >= 0.6 is 0 Å². The molecular formula is C11H20N2O3. The SMILES string of the molecule is CC1(C)CCN(C(=O)C(N)CC(=O)O)CC1. The van der Waals surface area contributed by atoms with E-state index >= 15 is 0 Å². The van der Waals surface area contributed by atoms with Crippen LogP contribution in [-0.4, -0.2) is 41.0 Å². The zero-order valence-electron chi connectivity index (χ0n) is 9.90. The number of carboxylic acid groups (broad SMARTS) is 1. The van der Waals surface area contributed by atoms with E-state index in [1.807, 2.05) is 0 Å².